The van der Waals surface area contributed by atoms with Crippen LogP contribution < -0.4 is 9.47 Å². The van der Waals surface area contributed by atoms with Crippen LogP contribution in [-0.4, -0.2) is 84.1 Å². The molecule has 4 heterocycles. The Hall–Kier alpha value is -3.60. The molecular formula is C36H37Cl2N5O4. The molecule has 0 spiro atoms. The number of ketones is 1. The van der Waals surface area contributed by atoms with Crippen LogP contribution in [0.2, 0.25) is 10.0 Å². The second-order valence-corrected chi connectivity index (χ2v) is 13.3. The molecule has 2 aromatic carbocycles. The fourth-order valence-electron chi connectivity index (χ4n) is 6.95. The van der Waals surface area contributed by atoms with E-state index >= 15 is 0 Å². The number of carbonyl (C=O) groups is 1. The highest BCUT2D eigenvalue weighted by molar-refractivity contribution is 6.39. The number of pyridine rings is 1. The molecule has 2 fully saturated rings. The van der Waals surface area contributed by atoms with Crippen molar-refractivity contribution in [2.24, 2.45) is 5.92 Å². The number of Topliss-reactive ketones (excluding diaryl/α,β-unsaturated/α-hetero) is 1. The Morgan fingerprint density at radius 2 is 1.49 bits per heavy atom. The van der Waals surface area contributed by atoms with Crippen LogP contribution >= 0.6 is 23.2 Å². The van der Waals surface area contributed by atoms with E-state index < -0.39 is 0 Å². The van der Waals surface area contributed by atoms with Gasteiger partial charge in [0, 0.05) is 79.6 Å². The number of rotatable bonds is 10. The number of nitrogens with zero attached hydrogens (tertiary/aromatic N) is 5. The van der Waals surface area contributed by atoms with Crippen LogP contribution in [0, 0.1) is 5.92 Å². The molecule has 47 heavy (non-hydrogen) atoms. The number of halogens is 2. The Kier molecular flexibility index (Phi) is 8.93. The molecule has 0 unspecified atom stereocenters. The van der Waals surface area contributed by atoms with E-state index in [1.807, 2.05) is 36.4 Å². The van der Waals surface area contributed by atoms with Gasteiger partial charge >= 0.3 is 0 Å². The largest absolute Gasteiger partial charge is 0.481 e. The van der Waals surface area contributed by atoms with Crippen molar-refractivity contribution in [1.29, 1.82) is 0 Å². The standard InChI is InChI=1S/C36H37Cl2N5O4/c1-20(44)22-15-43(16-22)31-12-11-21-13-28(40-36(47-4)32(21)31)26-9-5-7-24(33(26)37)25-8-6-10-27(34(25)38)29-14-39-30(35(41-29)46-3)19-42-17-23(18-42)45-2/h5-10,13-14,22-23,31H,11-12,15-19H2,1-4H3/t31-/m0/s1. The van der Waals surface area contributed by atoms with E-state index in [2.05, 4.69) is 15.9 Å². The van der Waals surface area contributed by atoms with Gasteiger partial charge in [-0.25, -0.2) is 9.97 Å². The quantitative estimate of drug-likeness (QED) is 0.186. The highest BCUT2D eigenvalue weighted by Gasteiger charge is 2.40. The third-order valence-electron chi connectivity index (χ3n) is 9.72. The zero-order valence-corrected chi connectivity index (χ0v) is 28.4. The first-order valence-corrected chi connectivity index (χ1v) is 16.6. The summed E-state index contributed by atoms with van der Waals surface area (Å²) >= 11 is 14.3. The van der Waals surface area contributed by atoms with Crippen LogP contribution in [0.3, 0.4) is 0 Å². The van der Waals surface area contributed by atoms with Gasteiger partial charge in [-0.05, 0) is 31.4 Å². The maximum absolute atomic E-state index is 11.8. The van der Waals surface area contributed by atoms with Gasteiger partial charge in [0.05, 0.1) is 48.0 Å². The smallest absolute Gasteiger partial charge is 0.237 e. The highest BCUT2D eigenvalue weighted by Crippen LogP contribution is 2.47. The van der Waals surface area contributed by atoms with Crippen molar-refractivity contribution in [3.05, 3.63) is 75.5 Å². The van der Waals surface area contributed by atoms with Gasteiger partial charge in [0.15, 0.2) is 0 Å². The maximum Gasteiger partial charge on any atom is 0.237 e. The number of likely N-dealkylation sites (tertiary alicyclic amines) is 2. The Bertz CT molecular complexity index is 1840. The van der Waals surface area contributed by atoms with Crippen LogP contribution in [0.15, 0.2) is 48.7 Å². The number of hydrogen-bond acceptors (Lipinski definition) is 9. The Morgan fingerprint density at radius 1 is 0.872 bits per heavy atom. The number of hydrogen-bond donors (Lipinski definition) is 0. The van der Waals surface area contributed by atoms with Gasteiger partial charge in [-0.3, -0.25) is 19.6 Å². The van der Waals surface area contributed by atoms with Crippen LogP contribution in [0.25, 0.3) is 33.6 Å². The van der Waals surface area contributed by atoms with Crippen LogP contribution in [0.4, 0.5) is 0 Å². The summed E-state index contributed by atoms with van der Waals surface area (Å²) in [5.74, 6) is 1.45. The van der Waals surface area contributed by atoms with Crippen molar-refractivity contribution in [1.82, 2.24) is 24.8 Å². The summed E-state index contributed by atoms with van der Waals surface area (Å²) in [5.41, 5.74) is 7.53. The minimum Gasteiger partial charge on any atom is -0.481 e. The number of ether oxygens (including phenoxy) is 3. The van der Waals surface area contributed by atoms with E-state index in [0.717, 1.165) is 78.2 Å². The molecule has 244 valence electrons. The minimum absolute atomic E-state index is 0.123. The van der Waals surface area contributed by atoms with Gasteiger partial charge in [0.2, 0.25) is 11.8 Å². The van der Waals surface area contributed by atoms with Crippen molar-refractivity contribution >= 4 is 29.0 Å². The summed E-state index contributed by atoms with van der Waals surface area (Å²) in [5, 5.41) is 1.06. The predicted molar refractivity (Wildman–Crippen MR) is 182 cm³/mol. The van der Waals surface area contributed by atoms with Crippen molar-refractivity contribution < 1.29 is 19.0 Å². The van der Waals surface area contributed by atoms with Gasteiger partial charge in [-0.1, -0.05) is 59.6 Å². The van der Waals surface area contributed by atoms with Crippen molar-refractivity contribution in [2.75, 3.05) is 47.5 Å². The number of aromatic nitrogens is 3. The van der Waals surface area contributed by atoms with Crippen molar-refractivity contribution in [2.45, 2.75) is 38.5 Å². The second-order valence-electron chi connectivity index (χ2n) is 12.5. The highest BCUT2D eigenvalue weighted by atomic mass is 35.5. The van der Waals surface area contributed by atoms with E-state index in [1.165, 1.54) is 5.56 Å². The molecular weight excluding hydrogens is 637 g/mol. The fourth-order valence-corrected chi connectivity index (χ4v) is 7.60. The summed E-state index contributed by atoms with van der Waals surface area (Å²) in [6.45, 7) is 5.59. The summed E-state index contributed by atoms with van der Waals surface area (Å²) in [7, 11) is 4.99. The van der Waals surface area contributed by atoms with Crippen LogP contribution in [0.5, 0.6) is 11.8 Å². The first-order chi connectivity index (χ1) is 22.8. The number of carbonyl (C=O) groups excluding carboxylic acids is 1. The molecule has 0 N–H and O–H groups in total. The van der Waals surface area contributed by atoms with Crippen LogP contribution in [0.1, 0.15) is 36.2 Å². The van der Waals surface area contributed by atoms with E-state index in [0.29, 0.717) is 34.0 Å². The number of fused-ring (bicyclic) bond motifs is 1. The summed E-state index contributed by atoms with van der Waals surface area (Å²) in [6.07, 6.45) is 3.88. The summed E-state index contributed by atoms with van der Waals surface area (Å²) in [4.78, 5) is 30.9. The monoisotopic (exact) mass is 673 g/mol. The lowest BCUT2D eigenvalue weighted by molar-refractivity contribution is -0.127. The number of benzene rings is 2. The normalized spacial score (nSPS) is 18.5. The molecule has 11 heteroatoms. The molecule has 0 bridgehead atoms. The predicted octanol–water partition coefficient (Wildman–Crippen LogP) is 6.54. The third kappa shape index (κ3) is 5.89. The zero-order chi connectivity index (χ0) is 32.8. The number of methoxy groups -OCH3 is 3. The Morgan fingerprint density at radius 3 is 2.11 bits per heavy atom. The Balaban J connectivity index is 1.18. The van der Waals surface area contributed by atoms with Gasteiger partial charge in [-0.15, -0.1) is 0 Å². The van der Waals surface area contributed by atoms with Gasteiger partial charge < -0.3 is 14.2 Å². The molecule has 0 saturated carbocycles. The molecule has 2 aliphatic heterocycles. The lowest BCUT2D eigenvalue weighted by atomic mass is 9.92. The molecule has 1 aliphatic carbocycles. The molecule has 0 amide bonds. The molecule has 7 rings (SSSR count). The lowest BCUT2D eigenvalue weighted by Crippen LogP contribution is -2.51. The third-order valence-corrected chi connectivity index (χ3v) is 10.5. The summed E-state index contributed by atoms with van der Waals surface area (Å²) in [6, 6.07) is 14.0. The van der Waals surface area contributed by atoms with Crippen LogP contribution in [-0.2, 0) is 22.5 Å². The SMILES string of the molecule is COc1nc(-c2cccc(-c3cccc(-c4cc5c(c(OC)n4)[C@@H](N4CC(C(C)=O)C4)CC5)c3Cl)c2Cl)cnc1CN1CC(OC)C1. The molecule has 4 aromatic rings. The zero-order valence-electron chi connectivity index (χ0n) is 26.9. The van der Waals surface area contributed by atoms with Gasteiger partial charge in [0.25, 0.3) is 0 Å². The van der Waals surface area contributed by atoms with Gasteiger partial charge in [-0.2, -0.15) is 0 Å². The maximum atomic E-state index is 11.8. The molecule has 2 aromatic heterocycles. The van der Waals surface area contributed by atoms with E-state index in [9.17, 15) is 4.79 Å². The number of aryl methyl sites for hydroxylation is 1. The molecule has 1 atom stereocenters. The Labute approximate surface area is 284 Å². The van der Waals surface area contributed by atoms with Crippen molar-refractivity contribution in [3.8, 4) is 45.4 Å². The van der Waals surface area contributed by atoms with Gasteiger partial charge in [0.1, 0.15) is 11.5 Å². The topological polar surface area (TPSA) is 89.9 Å². The summed E-state index contributed by atoms with van der Waals surface area (Å²) < 4.78 is 16.9. The van der Waals surface area contributed by atoms with Crippen molar-refractivity contribution in [3.63, 3.8) is 0 Å². The van der Waals surface area contributed by atoms with E-state index in [-0.39, 0.29) is 23.8 Å². The molecule has 3 aliphatic rings. The fraction of sp³-hybridized carbons (Fsp3) is 0.389. The first-order valence-electron chi connectivity index (χ1n) is 15.8. The van der Waals surface area contributed by atoms with E-state index in [4.69, 9.17) is 52.4 Å². The average Bonchev–Trinajstić information content (AvgIpc) is 3.45. The lowest BCUT2D eigenvalue weighted by Gasteiger charge is -2.42. The molecule has 0 radical (unpaired) electrons. The molecule has 9 nitrogen and oxygen atoms in total. The minimum atomic E-state index is 0.123. The molecule has 2 saturated heterocycles. The first kappa shape index (κ1) is 32.0. The van der Waals surface area contributed by atoms with E-state index in [1.54, 1.807) is 34.4 Å². The second kappa shape index (κ2) is 13.1. The average molecular weight is 675 g/mol.